The predicted octanol–water partition coefficient (Wildman–Crippen LogP) is 1.93. The maximum atomic E-state index is 10.5. The zero-order chi connectivity index (χ0) is 20.2. The number of aliphatic hydroxyl groups excluding tert-OH is 1. The lowest BCUT2D eigenvalue weighted by Gasteiger charge is -2.22. The smallest absolute Gasteiger partial charge is 0.248 e. The zero-order valence-corrected chi connectivity index (χ0v) is 16.5. The summed E-state index contributed by atoms with van der Waals surface area (Å²) in [5.41, 5.74) is 2.08. The molecule has 1 saturated heterocycles. The van der Waals surface area contributed by atoms with E-state index >= 15 is 0 Å². The number of hydrogen-bond acceptors (Lipinski definition) is 8. The summed E-state index contributed by atoms with van der Waals surface area (Å²) in [5, 5.41) is 19.1. The van der Waals surface area contributed by atoms with E-state index in [1.165, 1.54) is 0 Å². The van der Waals surface area contributed by atoms with Gasteiger partial charge >= 0.3 is 0 Å². The Labute approximate surface area is 167 Å². The van der Waals surface area contributed by atoms with Crippen molar-refractivity contribution < 1.29 is 19.3 Å². The second-order valence-corrected chi connectivity index (χ2v) is 7.99. The molecule has 29 heavy (non-hydrogen) atoms. The van der Waals surface area contributed by atoms with Crippen LogP contribution in [0.4, 0.5) is 0 Å². The number of aryl methyl sites for hydroxylation is 1. The van der Waals surface area contributed by atoms with Gasteiger partial charge in [0.2, 0.25) is 5.88 Å². The lowest BCUT2D eigenvalue weighted by Crippen LogP contribution is -2.29. The van der Waals surface area contributed by atoms with E-state index in [0.29, 0.717) is 35.9 Å². The van der Waals surface area contributed by atoms with Crippen molar-refractivity contribution in [2.75, 3.05) is 0 Å². The molecule has 1 aliphatic carbocycles. The van der Waals surface area contributed by atoms with Crippen molar-refractivity contribution in [2.24, 2.45) is 0 Å². The molecular formula is C20H23N5O4. The normalized spacial score (nSPS) is 28.0. The van der Waals surface area contributed by atoms with Gasteiger partial charge in [0.05, 0.1) is 12.1 Å². The monoisotopic (exact) mass is 397 g/mol. The van der Waals surface area contributed by atoms with E-state index in [9.17, 15) is 5.11 Å². The summed E-state index contributed by atoms with van der Waals surface area (Å²) in [5.74, 6) is 0.199. The minimum Gasteiger partial charge on any atom is -0.471 e. The molecule has 4 atom stereocenters. The summed E-state index contributed by atoms with van der Waals surface area (Å²) in [6, 6.07) is 9.62. The molecule has 152 valence electrons. The molecule has 9 heteroatoms. The predicted molar refractivity (Wildman–Crippen MR) is 102 cm³/mol. The third-order valence-corrected chi connectivity index (χ3v) is 5.34. The van der Waals surface area contributed by atoms with Gasteiger partial charge in [0.15, 0.2) is 17.0 Å². The summed E-state index contributed by atoms with van der Waals surface area (Å²) in [4.78, 5) is 8.95. The summed E-state index contributed by atoms with van der Waals surface area (Å²) < 4.78 is 19.6. The largest absolute Gasteiger partial charge is 0.471 e. The number of rotatable bonds is 4. The van der Waals surface area contributed by atoms with E-state index in [-0.39, 0.29) is 12.1 Å². The lowest BCUT2D eigenvalue weighted by molar-refractivity contribution is -0.165. The first kappa shape index (κ1) is 18.4. The fourth-order valence-electron chi connectivity index (χ4n) is 4.13. The molecule has 1 aromatic carbocycles. The molecule has 2 fully saturated rings. The zero-order valence-electron chi connectivity index (χ0n) is 16.5. The first-order valence-electron chi connectivity index (χ1n) is 9.71. The van der Waals surface area contributed by atoms with Crippen LogP contribution in [-0.4, -0.2) is 54.2 Å². The Morgan fingerprint density at radius 1 is 1.17 bits per heavy atom. The number of aromatic nitrogens is 5. The molecule has 0 radical (unpaired) electrons. The van der Waals surface area contributed by atoms with Crippen LogP contribution in [0.15, 0.2) is 30.3 Å². The van der Waals surface area contributed by atoms with Gasteiger partial charge in [0.25, 0.3) is 0 Å². The van der Waals surface area contributed by atoms with Gasteiger partial charge in [-0.3, -0.25) is 0 Å². The maximum Gasteiger partial charge on any atom is 0.248 e. The highest BCUT2D eigenvalue weighted by molar-refractivity contribution is 5.75. The van der Waals surface area contributed by atoms with Gasteiger partial charge in [-0.2, -0.15) is 4.98 Å². The van der Waals surface area contributed by atoms with Crippen LogP contribution in [0.1, 0.15) is 37.7 Å². The molecule has 1 N–H and O–H groups in total. The van der Waals surface area contributed by atoms with Crippen molar-refractivity contribution in [2.45, 2.75) is 63.9 Å². The summed E-state index contributed by atoms with van der Waals surface area (Å²) in [6.45, 7) is 5.86. The fourth-order valence-corrected chi connectivity index (χ4v) is 4.13. The highest BCUT2D eigenvalue weighted by Crippen LogP contribution is 2.44. The Morgan fingerprint density at radius 2 is 1.93 bits per heavy atom. The van der Waals surface area contributed by atoms with Crippen LogP contribution >= 0.6 is 0 Å². The average molecular weight is 397 g/mol. The van der Waals surface area contributed by atoms with Crippen molar-refractivity contribution >= 4 is 11.2 Å². The van der Waals surface area contributed by atoms with E-state index in [2.05, 4.69) is 20.3 Å². The molecule has 9 nitrogen and oxygen atoms in total. The van der Waals surface area contributed by atoms with Gasteiger partial charge < -0.3 is 19.3 Å². The molecule has 2 aliphatic rings. The molecule has 2 aromatic heterocycles. The van der Waals surface area contributed by atoms with Crippen molar-refractivity contribution in [1.82, 2.24) is 25.0 Å². The second kappa shape index (κ2) is 6.72. The van der Waals surface area contributed by atoms with Crippen LogP contribution in [0, 0.1) is 6.92 Å². The molecule has 1 saturated carbocycles. The third-order valence-electron chi connectivity index (χ3n) is 5.34. The van der Waals surface area contributed by atoms with Crippen LogP contribution in [0.25, 0.3) is 11.2 Å². The Kier molecular flexibility index (Phi) is 4.27. The molecule has 1 aliphatic heterocycles. The number of hydrogen-bond donors (Lipinski definition) is 1. The quantitative estimate of drug-likeness (QED) is 0.712. The van der Waals surface area contributed by atoms with Crippen LogP contribution in [0.2, 0.25) is 0 Å². The van der Waals surface area contributed by atoms with Crippen molar-refractivity contribution in [3.63, 3.8) is 0 Å². The van der Waals surface area contributed by atoms with Gasteiger partial charge in [-0.1, -0.05) is 35.5 Å². The summed E-state index contributed by atoms with van der Waals surface area (Å²) in [7, 11) is 0. The maximum absolute atomic E-state index is 10.5. The number of ether oxygens (including phenoxy) is 3. The molecular weight excluding hydrogens is 374 g/mol. The van der Waals surface area contributed by atoms with Gasteiger partial charge in [0, 0.05) is 6.42 Å². The van der Waals surface area contributed by atoms with Crippen molar-refractivity contribution in [3.8, 4) is 5.88 Å². The first-order chi connectivity index (χ1) is 13.9. The number of nitrogens with zero attached hydrogens (tertiary/aromatic N) is 5. The molecule has 0 spiro atoms. The number of fused-ring (bicyclic) bond motifs is 2. The van der Waals surface area contributed by atoms with Crippen LogP contribution < -0.4 is 4.74 Å². The van der Waals surface area contributed by atoms with Crippen molar-refractivity contribution in [3.05, 3.63) is 41.7 Å². The number of aliphatic hydroxyl groups is 1. The molecule has 0 amide bonds. The number of benzene rings is 1. The molecule has 3 aromatic rings. The van der Waals surface area contributed by atoms with E-state index in [1.54, 1.807) is 11.6 Å². The minimum absolute atomic E-state index is 0.238. The molecule has 0 bridgehead atoms. The van der Waals surface area contributed by atoms with E-state index in [0.717, 1.165) is 5.56 Å². The minimum atomic E-state index is -0.750. The van der Waals surface area contributed by atoms with Crippen LogP contribution in [0.3, 0.4) is 0 Å². The van der Waals surface area contributed by atoms with Gasteiger partial charge in [-0.05, 0) is 26.3 Å². The first-order valence-corrected chi connectivity index (χ1v) is 9.71. The van der Waals surface area contributed by atoms with Gasteiger partial charge in [0.1, 0.15) is 24.6 Å². The van der Waals surface area contributed by atoms with Gasteiger partial charge in [-0.15, -0.1) is 5.10 Å². The Balaban J connectivity index is 1.48. The Hall–Kier alpha value is -2.62. The fraction of sp³-hybridized carbons (Fsp3) is 0.500. The third kappa shape index (κ3) is 3.25. The Morgan fingerprint density at radius 3 is 2.72 bits per heavy atom. The van der Waals surface area contributed by atoms with Crippen molar-refractivity contribution in [1.29, 1.82) is 0 Å². The highest BCUT2D eigenvalue weighted by atomic mass is 16.8. The standard InChI is InChI=1S/C20H23N5O4/c1-11-21-18-15(19(22-11)27-10-12-7-5-4-6-8-12)23-24-25(18)13-9-14(26)17-16(13)28-20(2,3)29-17/h4-8,13-14,16-17,26H,9-10H2,1-3H3/t13-,14+,16+,17-/m1/s1. The molecule has 3 heterocycles. The SMILES string of the molecule is Cc1nc(OCc2ccccc2)c2nnn([C@@H]3C[C@H](O)[C@H]4OC(C)(C)O[C@H]43)c2n1. The summed E-state index contributed by atoms with van der Waals surface area (Å²) >= 11 is 0. The van der Waals surface area contributed by atoms with Crippen LogP contribution in [-0.2, 0) is 16.1 Å². The van der Waals surface area contributed by atoms with Crippen LogP contribution in [0.5, 0.6) is 5.88 Å². The van der Waals surface area contributed by atoms with E-state index in [4.69, 9.17) is 14.2 Å². The topological polar surface area (TPSA) is 104 Å². The molecule has 0 unspecified atom stereocenters. The summed E-state index contributed by atoms with van der Waals surface area (Å²) in [6.07, 6.45) is -0.907. The van der Waals surface area contributed by atoms with E-state index in [1.807, 2.05) is 44.2 Å². The molecule has 5 rings (SSSR count). The lowest BCUT2D eigenvalue weighted by atomic mass is 10.2. The highest BCUT2D eigenvalue weighted by Gasteiger charge is 2.55. The van der Waals surface area contributed by atoms with Gasteiger partial charge in [-0.25, -0.2) is 9.67 Å². The second-order valence-electron chi connectivity index (χ2n) is 7.99. The average Bonchev–Trinajstić information content (AvgIpc) is 3.32. The Bertz CT molecular complexity index is 1040. The van der Waals surface area contributed by atoms with E-state index < -0.39 is 18.0 Å².